The summed E-state index contributed by atoms with van der Waals surface area (Å²) >= 11 is 0. The Morgan fingerprint density at radius 1 is 0.800 bits per heavy atom. The lowest BCUT2D eigenvalue weighted by Crippen LogP contribution is -2.46. The topological polar surface area (TPSA) is 139 Å². The number of aliphatic hydroxyl groups is 2. The van der Waals surface area contributed by atoms with Gasteiger partial charge in [0.2, 0.25) is 5.91 Å². The lowest BCUT2D eigenvalue weighted by molar-refractivity contribution is -0.139. The van der Waals surface area contributed by atoms with Crippen LogP contribution in [0.5, 0.6) is 0 Å². The van der Waals surface area contributed by atoms with Crippen LogP contribution in [0.3, 0.4) is 0 Å². The average molecular weight is 735 g/mol. The number of carbonyl (C=O) groups excluding carboxylic acids is 4. The monoisotopic (exact) mass is 734 g/mol. The number of aliphatic hydroxyl groups excluding tert-OH is 1. The van der Waals surface area contributed by atoms with Crippen LogP contribution in [0, 0.1) is 5.92 Å². The number of amides is 4. The van der Waals surface area contributed by atoms with Crippen LogP contribution in [0.15, 0.2) is 140 Å². The SMILES string of the molecule is C[C@H](/C=C/CC(=O)N1Cc2ccccc2C[C@H]1CO)[C@@]1(O)C(=O)N(Cc2cccc(NC(=O)c3ccccc3)c2)c2ccc(NC(=O)c3ccccc3)cc21. The summed E-state index contributed by atoms with van der Waals surface area (Å²) in [5.74, 6) is -2.13. The summed E-state index contributed by atoms with van der Waals surface area (Å²) in [7, 11) is 0. The number of nitrogens with one attached hydrogen (secondary N) is 2. The number of hydrogen-bond donors (Lipinski definition) is 4. The summed E-state index contributed by atoms with van der Waals surface area (Å²) < 4.78 is 0. The van der Waals surface area contributed by atoms with E-state index in [1.54, 1.807) is 109 Å². The molecule has 0 aliphatic carbocycles. The lowest BCUT2D eigenvalue weighted by atomic mass is 9.82. The first-order valence-electron chi connectivity index (χ1n) is 18.3. The van der Waals surface area contributed by atoms with Crippen LogP contribution < -0.4 is 15.5 Å². The van der Waals surface area contributed by atoms with Gasteiger partial charge in [0.05, 0.1) is 24.9 Å². The van der Waals surface area contributed by atoms with E-state index >= 15 is 0 Å². The molecule has 5 aromatic rings. The van der Waals surface area contributed by atoms with E-state index in [4.69, 9.17) is 0 Å². The second-order valence-corrected chi connectivity index (χ2v) is 14.0. The maximum Gasteiger partial charge on any atom is 0.264 e. The third-order valence-electron chi connectivity index (χ3n) is 10.4. The van der Waals surface area contributed by atoms with Crippen LogP contribution in [0.2, 0.25) is 0 Å². The molecule has 10 nitrogen and oxygen atoms in total. The minimum atomic E-state index is -2.04. The third kappa shape index (κ3) is 7.68. The molecule has 55 heavy (non-hydrogen) atoms. The second kappa shape index (κ2) is 15.9. The molecule has 0 unspecified atom stereocenters. The fraction of sp³-hybridized carbons (Fsp3) is 0.200. The zero-order chi connectivity index (χ0) is 38.5. The second-order valence-electron chi connectivity index (χ2n) is 14.0. The number of nitrogens with zero attached hydrogens (tertiary/aromatic N) is 2. The molecule has 4 N–H and O–H groups in total. The van der Waals surface area contributed by atoms with Crippen molar-refractivity contribution in [3.05, 3.63) is 173 Å². The van der Waals surface area contributed by atoms with Crippen molar-refractivity contribution in [1.29, 1.82) is 0 Å². The molecule has 3 atom stereocenters. The number of hydrogen-bond acceptors (Lipinski definition) is 6. The van der Waals surface area contributed by atoms with Gasteiger partial charge >= 0.3 is 0 Å². The summed E-state index contributed by atoms with van der Waals surface area (Å²) in [6.07, 6.45) is 3.91. The first-order chi connectivity index (χ1) is 26.6. The van der Waals surface area contributed by atoms with Gasteiger partial charge in [-0.15, -0.1) is 0 Å². The van der Waals surface area contributed by atoms with Gasteiger partial charge in [-0.3, -0.25) is 19.2 Å². The molecule has 10 heteroatoms. The number of anilines is 3. The van der Waals surface area contributed by atoms with E-state index in [1.807, 2.05) is 42.5 Å². The Hall–Kier alpha value is -6.36. The zero-order valence-corrected chi connectivity index (χ0v) is 30.4. The summed E-state index contributed by atoms with van der Waals surface area (Å²) in [6.45, 7) is 2.04. The van der Waals surface area contributed by atoms with Gasteiger partial charge < -0.3 is 30.6 Å². The van der Waals surface area contributed by atoms with Gasteiger partial charge in [0.1, 0.15) is 0 Å². The molecule has 4 amide bonds. The number of fused-ring (bicyclic) bond motifs is 2. The predicted octanol–water partition coefficient (Wildman–Crippen LogP) is 6.45. The highest BCUT2D eigenvalue weighted by atomic mass is 16.3. The average Bonchev–Trinajstić information content (AvgIpc) is 3.42. The largest absolute Gasteiger partial charge is 0.394 e. The minimum absolute atomic E-state index is 0.0124. The van der Waals surface area contributed by atoms with Gasteiger partial charge in [0.25, 0.3) is 17.7 Å². The molecule has 278 valence electrons. The Labute approximate surface area is 319 Å². The maximum atomic E-state index is 14.5. The molecule has 0 saturated heterocycles. The van der Waals surface area contributed by atoms with Gasteiger partial charge in [-0.25, -0.2) is 0 Å². The van der Waals surface area contributed by atoms with Gasteiger partial charge in [-0.05, 0) is 77.7 Å². The van der Waals surface area contributed by atoms with E-state index in [2.05, 4.69) is 10.6 Å². The van der Waals surface area contributed by atoms with E-state index in [9.17, 15) is 29.4 Å². The Balaban J connectivity index is 1.14. The van der Waals surface area contributed by atoms with Crippen molar-refractivity contribution < 1.29 is 29.4 Å². The number of rotatable bonds is 11. The van der Waals surface area contributed by atoms with E-state index in [1.165, 1.54) is 4.90 Å². The summed E-state index contributed by atoms with van der Waals surface area (Å²) in [5.41, 5.74) is 3.53. The van der Waals surface area contributed by atoms with E-state index in [-0.39, 0.29) is 43.3 Å². The first kappa shape index (κ1) is 37.0. The van der Waals surface area contributed by atoms with Crippen LogP contribution in [0.4, 0.5) is 17.1 Å². The predicted molar refractivity (Wildman–Crippen MR) is 211 cm³/mol. The molecule has 2 aliphatic rings. The maximum absolute atomic E-state index is 14.5. The Morgan fingerprint density at radius 2 is 1.42 bits per heavy atom. The summed E-state index contributed by atoms with van der Waals surface area (Å²) in [5, 5.41) is 28.4. The normalized spacial score (nSPS) is 18.1. The highest BCUT2D eigenvalue weighted by molar-refractivity contribution is 6.09. The van der Waals surface area contributed by atoms with Crippen LogP contribution in [0.1, 0.15) is 56.3 Å². The Bertz CT molecular complexity index is 2260. The smallest absolute Gasteiger partial charge is 0.264 e. The molecule has 2 heterocycles. The lowest BCUT2D eigenvalue weighted by Gasteiger charge is -2.36. The van der Waals surface area contributed by atoms with Crippen molar-refractivity contribution >= 4 is 40.7 Å². The minimum Gasteiger partial charge on any atom is -0.394 e. The van der Waals surface area contributed by atoms with E-state index in [0.717, 1.165) is 11.1 Å². The number of carbonyl (C=O) groups is 4. The Morgan fingerprint density at radius 3 is 2.07 bits per heavy atom. The molecule has 2 aliphatic heterocycles. The van der Waals surface area contributed by atoms with Gasteiger partial charge in [0, 0.05) is 46.9 Å². The fourth-order valence-electron chi connectivity index (χ4n) is 7.37. The zero-order valence-electron chi connectivity index (χ0n) is 30.4. The molecular formula is C45H42N4O6. The van der Waals surface area contributed by atoms with E-state index in [0.29, 0.717) is 52.3 Å². The van der Waals surface area contributed by atoms with Crippen LogP contribution >= 0.6 is 0 Å². The van der Waals surface area contributed by atoms with Crippen LogP contribution in [-0.2, 0) is 34.7 Å². The molecule has 5 aromatic carbocycles. The quantitative estimate of drug-likeness (QED) is 0.115. The highest BCUT2D eigenvalue weighted by Gasteiger charge is 2.52. The molecule has 7 rings (SSSR count). The fourth-order valence-corrected chi connectivity index (χ4v) is 7.37. The van der Waals surface area contributed by atoms with Crippen molar-refractivity contribution in [1.82, 2.24) is 4.90 Å². The van der Waals surface area contributed by atoms with Crippen molar-refractivity contribution in [2.24, 2.45) is 5.92 Å². The van der Waals surface area contributed by atoms with Crippen molar-refractivity contribution in [2.45, 2.75) is 44.5 Å². The first-order valence-corrected chi connectivity index (χ1v) is 18.3. The molecule has 0 fully saturated rings. The van der Waals surface area contributed by atoms with Crippen molar-refractivity contribution in [3.63, 3.8) is 0 Å². The molecule has 0 radical (unpaired) electrons. The number of benzene rings is 5. The summed E-state index contributed by atoms with van der Waals surface area (Å²) in [4.78, 5) is 57.1. The molecule has 0 spiro atoms. The third-order valence-corrected chi connectivity index (χ3v) is 10.4. The molecule has 0 bridgehead atoms. The molecule has 0 aromatic heterocycles. The van der Waals surface area contributed by atoms with Crippen molar-refractivity contribution in [3.8, 4) is 0 Å². The summed E-state index contributed by atoms with van der Waals surface area (Å²) in [6, 6.07) is 37.3. The van der Waals surface area contributed by atoms with Crippen LogP contribution in [-0.4, -0.2) is 51.4 Å². The van der Waals surface area contributed by atoms with Gasteiger partial charge in [-0.1, -0.05) is 91.9 Å². The van der Waals surface area contributed by atoms with Crippen LogP contribution in [0.25, 0.3) is 0 Å². The standard InChI is InChI=1S/C45H42N4O6/c1-30(12-10-21-41(51)48-28-35-19-9-8-18-34(35)25-38(48)29-50)45(55)39-26-37(47-43(53)33-16-6-3-7-17-33)22-23-40(39)49(44(45)54)27-31-13-11-20-36(24-31)46-42(52)32-14-4-2-5-15-32/h2-20,22-24,26,30,38,50,55H,21,25,27-29H2,1H3,(H,46,52)(H,47,53)/b12-10+/t30-,38+,45+/m1/s1. The van der Waals surface area contributed by atoms with Gasteiger partial charge in [0.15, 0.2) is 5.60 Å². The molecule has 0 saturated carbocycles. The Kier molecular flexibility index (Phi) is 10.7. The molecular weight excluding hydrogens is 693 g/mol. The highest BCUT2D eigenvalue weighted by Crippen LogP contribution is 2.47. The van der Waals surface area contributed by atoms with Crippen molar-refractivity contribution in [2.75, 3.05) is 22.1 Å². The van der Waals surface area contributed by atoms with Gasteiger partial charge in [-0.2, -0.15) is 0 Å². The van der Waals surface area contributed by atoms with E-state index < -0.39 is 17.4 Å².